The molecule has 9 nitrogen and oxygen atoms in total. The first-order valence-corrected chi connectivity index (χ1v) is 13.2. The lowest BCUT2D eigenvalue weighted by atomic mass is 9.91. The Hall–Kier alpha value is -2.53. The first kappa shape index (κ1) is 24.6. The molecule has 2 N–H and O–H groups in total. The van der Waals surface area contributed by atoms with E-state index in [4.69, 9.17) is 4.74 Å². The Bertz CT molecular complexity index is 1040. The number of nitrogens with zero attached hydrogens (tertiary/aromatic N) is 3. The maximum atomic E-state index is 13.2. The summed E-state index contributed by atoms with van der Waals surface area (Å²) in [5, 5.41) is 5.48. The summed E-state index contributed by atoms with van der Waals surface area (Å²) in [6.07, 6.45) is 8.17. The molecule has 184 valence electrons. The molecule has 34 heavy (non-hydrogen) atoms. The number of hydrogen-bond donors (Lipinski definition) is 2. The topological polar surface area (TPSA) is 104 Å². The average Bonchev–Trinajstić information content (AvgIpc) is 2.88. The zero-order chi connectivity index (χ0) is 24.0. The van der Waals surface area contributed by atoms with Crippen LogP contribution in [-0.2, 0) is 21.3 Å². The number of aromatic nitrogens is 1. The van der Waals surface area contributed by atoms with Gasteiger partial charge in [-0.2, -0.15) is 4.31 Å². The summed E-state index contributed by atoms with van der Waals surface area (Å²) in [6, 6.07) is 9.99. The van der Waals surface area contributed by atoms with Crippen LogP contribution in [0.4, 0.5) is 10.5 Å². The minimum atomic E-state index is -3.59. The predicted octanol–water partition coefficient (Wildman–Crippen LogP) is 2.67. The number of ether oxygens (including phenoxy) is 1. The predicted molar refractivity (Wildman–Crippen MR) is 130 cm³/mol. The quantitative estimate of drug-likeness (QED) is 0.622. The van der Waals surface area contributed by atoms with Gasteiger partial charge in [0.05, 0.1) is 11.0 Å². The Balaban J connectivity index is 1.30. The van der Waals surface area contributed by atoms with E-state index in [0.717, 1.165) is 18.4 Å². The second-order valence-corrected chi connectivity index (χ2v) is 10.7. The zero-order valence-electron chi connectivity index (χ0n) is 19.5. The van der Waals surface area contributed by atoms with Crippen LogP contribution < -0.4 is 10.6 Å². The van der Waals surface area contributed by atoms with Crippen LogP contribution in [0.2, 0.25) is 0 Å². The van der Waals surface area contributed by atoms with Crippen molar-refractivity contribution in [1.29, 1.82) is 0 Å². The Morgan fingerprint density at radius 2 is 1.82 bits per heavy atom. The van der Waals surface area contributed by atoms with Crippen LogP contribution in [0.25, 0.3) is 0 Å². The minimum Gasteiger partial charge on any atom is -0.380 e. The van der Waals surface area contributed by atoms with E-state index in [1.54, 1.807) is 54.1 Å². The van der Waals surface area contributed by atoms with Crippen molar-refractivity contribution < 1.29 is 17.9 Å². The number of pyridine rings is 1. The van der Waals surface area contributed by atoms with E-state index in [9.17, 15) is 13.2 Å². The molecule has 1 aromatic carbocycles. The summed E-state index contributed by atoms with van der Waals surface area (Å²) >= 11 is 0. The monoisotopic (exact) mass is 487 g/mol. The Morgan fingerprint density at radius 3 is 2.50 bits per heavy atom. The highest BCUT2D eigenvalue weighted by atomic mass is 32.2. The SMILES string of the molecule is COC1CCCCC1N1CCN(S(=O)(=O)c2ccc(NC(=O)NCc3cccnc3)cc2)CC1. The smallest absolute Gasteiger partial charge is 0.319 e. The minimum absolute atomic E-state index is 0.231. The highest BCUT2D eigenvalue weighted by molar-refractivity contribution is 7.89. The van der Waals surface area contributed by atoms with Crippen LogP contribution in [-0.4, -0.2) is 74.1 Å². The van der Waals surface area contributed by atoms with Crippen LogP contribution in [0.1, 0.15) is 31.2 Å². The molecule has 2 aliphatic rings. The molecule has 2 amide bonds. The van der Waals surface area contributed by atoms with Gasteiger partial charge in [0, 0.05) is 64.0 Å². The normalized spacial score (nSPS) is 22.3. The number of carbonyl (C=O) groups is 1. The Labute approximate surface area is 201 Å². The van der Waals surface area contributed by atoms with E-state index in [0.29, 0.717) is 44.5 Å². The van der Waals surface area contributed by atoms with Crippen LogP contribution in [0, 0.1) is 0 Å². The lowest BCUT2D eigenvalue weighted by molar-refractivity contribution is -0.0203. The number of methoxy groups -OCH3 is 1. The second kappa shape index (κ2) is 11.3. The van der Waals surface area contributed by atoms with Crippen LogP contribution in [0.15, 0.2) is 53.7 Å². The van der Waals surface area contributed by atoms with E-state index in [1.807, 2.05) is 6.07 Å². The van der Waals surface area contributed by atoms with E-state index < -0.39 is 10.0 Å². The molecular formula is C24H33N5O4S. The van der Waals surface area contributed by atoms with Gasteiger partial charge in [0.1, 0.15) is 0 Å². The van der Waals surface area contributed by atoms with Crippen molar-refractivity contribution in [3.63, 3.8) is 0 Å². The molecule has 2 aromatic rings. The molecule has 0 radical (unpaired) electrons. The van der Waals surface area contributed by atoms with Crippen molar-refractivity contribution in [2.75, 3.05) is 38.6 Å². The van der Waals surface area contributed by atoms with Gasteiger partial charge in [-0.15, -0.1) is 0 Å². The van der Waals surface area contributed by atoms with Crippen LogP contribution >= 0.6 is 0 Å². The molecular weight excluding hydrogens is 454 g/mol. The molecule has 2 heterocycles. The van der Waals surface area contributed by atoms with Gasteiger partial charge >= 0.3 is 6.03 Å². The van der Waals surface area contributed by atoms with Gasteiger partial charge in [0.2, 0.25) is 10.0 Å². The highest BCUT2D eigenvalue weighted by Crippen LogP contribution is 2.27. The van der Waals surface area contributed by atoms with Crippen molar-refractivity contribution in [3.05, 3.63) is 54.4 Å². The third-order valence-electron chi connectivity index (χ3n) is 6.64. The summed E-state index contributed by atoms with van der Waals surface area (Å²) in [4.78, 5) is 18.8. The molecule has 1 saturated heterocycles. The number of rotatable bonds is 7. The van der Waals surface area contributed by atoms with Gasteiger partial charge in [-0.25, -0.2) is 13.2 Å². The van der Waals surface area contributed by atoms with Gasteiger partial charge in [-0.3, -0.25) is 9.88 Å². The van der Waals surface area contributed by atoms with Gasteiger partial charge in [0.25, 0.3) is 0 Å². The standard InChI is InChI=1S/C24H33N5O4S/c1-33-23-7-3-2-6-22(23)28-13-15-29(16-14-28)34(31,32)21-10-8-20(9-11-21)27-24(30)26-18-19-5-4-12-25-17-19/h4-5,8-12,17,22-23H,2-3,6-7,13-16,18H2,1H3,(H2,26,27,30). The van der Waals surface area contributed by atoms with E-state index in [2.05, 4.69) is 20.5 Å². The molecule has 4 rings (SSSR count). The fraction of sp³-hybridized carbons (Fsp3) is 0.500. The summed E-state index contributed by atoms with van der Waals surface area (Å²) < 4.78 is 33.6. The number of sulfonamides is 1. The van der Waals surface area contributed by atoms with Gasteiger partial charge in [0.15, 0.2) is 0 Å². The number of anilines is 1. The lowest BCUT2D eigenvalue weighted by Gasteiger charge is -2.43. The fourth-order valence-electron chi connectivity index (χ4n) is 4.77. The molecule has 0 bridgehead atoms. The number of hydrogen-bond acceptors (Lipinski definition) is 6. The fourth-order valence-corrected chi connectivity index (χ4v) is 6.19. The molecule has 0 spiro atoms. The molecule has 2 fully saturated rings. The van der Waals surface area contributed by atoms with E-state index in [1.165, 1.54) is 12.8 Å². The van der Waals surface area contributed by atoms with Crippen molar-refractivity contribution >= 4 is 21.7 Å². The number of nitrogens with one attached hydrogen (secondary N) is 2. The number of piperazine rings is 1. The summed E-state index contributed by atoms with van der Waals surface area (Å²) in [7, 11) is -1.82. The maximum absolute atomic E-state index is 13.2. The highest BCUT2D eigenvalue weighted by Gasteiger charge is 2.35. The van der Waals surface area contributed by atoms with Crippen LogP contribution in [0.5, 0.6) is 0 Å². The summed E-state index contributed by atoms with van der Waals surface area (Å²) in [5.41, 5.74) is 1.41. The number of benzene rings is 1. The molecule has 10 heteroatoms. The summed E-state index contributed by atoms with van der Waals surface area (Å²) in [6.45, 7) is 2.70. The maximum Gasteiger partial charge on any atom is 0.319 e. The molecule has 1 saturated carbocycles. The van der Waals surface area contributed by atoms with Crippen molar-refractivity contribution in [1.82, 2.24) is 19.5 Å². The third-order valence-corrected chi connectivity index (χ3v) is 8.55. The number of amides is 2. The largest absolute Gasteiger partial charge is 0.380 e. The molecule has 1 aliphatic heterocycles. The molecule has 2 atom stereocenters. The van der Waals surface area contributed by atoms with Gasteiger partial charge in [-0.1, -0.05) is 18.9 Å². The first-order chi connectivity index (χ1) is 16.5. The average molecular weight is 488 g/mol. The lowest BCUT2D eigenvalue weighted by Crippen LogP contribution is -2.55. The number of carbonyl (C=O) groups excluding carboxylic acids is 1. The van der Waals surface area contributed by atoms with Crippen molar-refractivity contribution in [2.45, 2.75) is 49.3 Å². The van der Waals surface area contributed by atoms with Gasteiger partial charge in [-0.05, 0) is 48.7 Å². The summed E-state index contributed by atoms with van der Waals surface area (Å²) in [5.74, 6) is 0. The zero-order valence-corrected chi connectivity index (χ0v) is 20.3. The molecule has 2 unspecified atom stereocenters. The van der Waals surface area contributed by atoms with Gasteiger partial charge < -0.3 is 15.4 Å². The third kappa shape index (κ3) is 5.93. The number of urea groups is 1. The first-order valence-electron chi connectivity index (χ1n) is 11.8. The van der Waals surface area contributed by atoms with Crippen molar-refractivity contribution in [2.24, 2.45) is 0 Å². The molecule has 1 aromatic heterocycles. The van der Waals surface area contributed by atoms with Crippen molar-refractivity contribution in [3.8, 4) is 0 Å². The van der Waals surface area contributed by atoms with E-state index >= 15 is 0 Å². The Kier molecular flexibility index (Phi) is 8.15. The van der Waals surface area contributed by atoms with Crippen LogP contribution in [0.3, 0.4) is 0 Å². The van der Waals surface area contributed by atoms with E-state index in [-0.39, 0.29) is 17.0 Å². The second-order valence-electron chi connectivity index (χ2n) is 8.76. The molecule has 1 aliphatic carbocycles. The Morgan fingerprint density at radius 1 is 1.09 bits per heavy atom.